The first-order valence-corrected chi connectivity index (χ1v) is 4.79. The van der Waals surface area contributed by atoms with E-state index < -0.39 is 0 Å². The van der Waals surface area contributed by atoms with E-state index in [2.05, 4.69) is 9.97 Å². The van der Waals surface area contributed by atoms with Crippen molar-refractivity contribution >= 4 is 0 Å². The average Bonchev–Trinajstić information content (AvgIpc) is 2.54. The predicted molar refractivity (Wildman–Crippen MR) is 51.1 cm³/mol. The molecule has 1 aliphatic carbocycles. The zero-order valence-electron chi connectivity index (χ0n) is 7.95. The van der Waals surface area contributed by atoms with E-state index >= 15 is 0 Å². The summed E-state index contributed by atoms with van der Waals surface area (Å²) in [6, 6.07) is 2.01. The van der Waals surface area contributed by atoms with E-state index in [0.29, 0.717) is 0 Å². The van der Waals surface area contributed by atoms with E-state index in [9.17, 15) is 0 Å². The van der Waals surface area contributed by atoms with Crippen LogP contribution in [0, 0.1) is 6.92 Å². The summed E-state index contributed by atoms with van der Waals surface area (Å²) in [6.07, 6.45) is 6.17. The van der Waals surface area contributed by atoms with Crippen molar-refractivity contribution in [1.29, 1.82) is 0 Å². The van der Waals surface area contributed by atoms with Crippen LogP contribution in [0.1, 0.15) is 37.1 Å². The maximum Gasteiger partial charge on any atom is 0.115 e. The Balaban J connectivity index is 2.33. The van der Waals surface area contributed by atoms with E-state index in [0.717, 1.165) is 24.2 Å². The molecule has 1 aliphatic rings. The van der Waals surface area contributed by atoms with Gasteiger partial charge in [0.1, 0.15) is 6.33 Å². The molecule has 70 valence electrons. The van der Waals surface area contributed by atoms with Crippen LogP contribution in [0.5, 0.6) is 0 Å². The number of aryl methyl sites for hydroxylation is 1. The van der Waals surface area contributed by atoms with Crippen LogP contribution in [0.3, 0.4) is 0 Å². The van der Waals surface area contributed by atoms with Crippen molar-refractivity contribution in [2.24, 2.45) is 5.73 Å². The van der Waals surface area contributed by atoms with Gasteiger partial charge in [0.2, 0.25) is 0 Å². The molecule has 0 aliphatic heterocycles. The molecule has 1 saturated carbocycles. The predicted octanol–water partition coefficient (Wildman–Crippen LogP) is 1.51. The van der Waals surface area contributed by atoms with Crippen LogP contribution in [-0.2, 0) is 5.54 Å². The molecule has 2 rings (SSSR count). The SMILES string of the molecule is Cc1cc(C2(N)CCCC2)ncn1. The lowest BCUT2D eigenvalue weighted by Crippen LogP contribution is -2.34. The second-order valence-electron chi connectivity index (χ2n) is 3.91. The number of hydrogen-bond donors (Lipinski definition) is 1. The van der Waals surface area contributed by atoms with Crippen molar-refractivity contribution in [3.8, 4) is 0 Å². The molecular formula is C10H15N3. The van der Waals surface area contributed by atoms with Gasteiger partial charge in [-0.05, 0) is 25.8 Å². The molecule has 1 fully saturated rings. The normalized spacial score (nSPS) is 20.5. The van der Waals surface area contributed by atoms with Crippen LogP contribution in [0.15, 0.2) is 12.4 Å². The van der Waals surface area contributed by atoms with Crippen molar-refractivity contribution in [2.75, 3.05) is 0 Å². The third-order valence-electron chi connectivity index (χ3n) is 2.81. The zero-order valence-corrected chi connectivity index (χ0v) is 7.95. The third-order valence-corrected chi connectivity index (χ3v) is 2.81. The molecule has 3 nitrogen and oxygen atoms in total. The fourth-order valence-corrected chi connectivity index (χ4v) is 1.99. The van der Waals surface area contributed by atoms with Gasteiger partial charge in [-0.1, -0.05) is 12.8 Å². The Bertz CT molecular complexity index is 303. The maximum atomic E-state index is 6.26. The van der Waals surface area contributed by atoms with Gasteiger partial charge in [-0.2, -0.15) is 0 Å². The van der Waals surface area contributed by atoms with Gasteiger partial charge in [0, 0.05) is 5.69 Å². The molecule has 1 heterocycles. The van der Waals surface area contributed by atoms with Crippen LogP contribution in [0.4, 0.5) is 0 Å². The molecule has 0 saturated heterocycles. The highest BCUT2D eigenvalue weighted by molar-refractivity contribution is 5.17. The summed E-state index contributed by atoms with van der Waals surface area (Å²) in [5, 5.41) is 0. The average molecular weight is 177 g/mol. The van der Waals surface area contributed by atoms with Gasteiger partial charge in [-0.15, -0.1) is 0 Å². The number of nitrogens with two attached hydrogens (primary N) is 1. The van der Waals surface area contributed by atoms with E-state index in [1.54, 1.807) is 6.33 Å². The molecular weight excluding hydrogens is 162 g/mol. The highest BCUT2D eigenvalue weighted by Crippen LogP contribution is 2.34. The van der Waals surface area contributed by atoms with Gasteiger partial charge in [0.25, 0.3) is 0 Å². The second-order valence-corrected chi connectivity index (χ2v) is 3.91. The number of hydrogen-bond acceptors (Lipinski definition) is 3. The van der Waals surface area contributed by atoms with Gasteiger partial charge in [0.15, 0.2) is 0 Å². The van der Waals surface area contributed by atoms with Crippen molar-refractivity contribution in [2.45, 2.75) is 38.1 Å². The summed E-state index contributed by atoms with van der Waals surface area (Å²) in [7, 11) is 0. The lowest BCUT2D eigenvalue weighted by molar-refractivity contribution is 0.445. The lowest BCUT2D eigenvalue weighted by atomic mass is 9.94. The Kier molecular flexibility index (Phi) is 2.04. The van der Waals surface area contributed by atoms with Crippen LogP contribution < -0.4 is 5.73 Å². The Morgan fingerprint density at radius 2 is 2.00 bits per heavy atom. The third kappa shape index (κ3) is 1.56. The first kappa shape index (κ1) is 8.63. The summed E-state index contributed by atoms with van der Waals surface area (Å²) < 4.78 is 0. The highest BCUT2D eigenvalue weighted by Gasteiger charge is 2.32. The summed E-state index contributed by atoms with van der Waals surface area (Å²) in [6.45, 7) is 1.98. The summed E-state index contributed by atoms with van der Waals surface area (Å²) >= 11 is 0. The fourth-order valence-electron chi connectivity index (χ4n) is 1.99. The monoisotopic (exact) mass is 177 g/mol. The smallest absolute Gasteiger partial charge is 0.115 e. The molecule has 2 N–H and O–H groups in total. The molecule has 0 aromatic carbocycles. The van der Waals surface area contributed by atoms with Crippen LogP contribution in [0.25, 0.3) is 0 Å². The van der Waals surface area contributed by atoms with Gasteiger partial charge in [-0.25, -0.2) is 9.97 Å². The van der Waals surface area contributed by atoms with Crippen molar-refractivity contribution < 1.29 is 0 Å². The minimum Gasteiger partial charge on any atom is -0.320 e. The van der Waals surface area contributed by atoms with Crippen molar-refractivity contribution in [1.82, 2.24) is 9.97 Å². The first-order chi connectivity index (χ1) is 6.21. The molecule has 0 spiro atoms. The Hall–Kier alpha value is -0.960. The molecule has 1 aromatic heterocycles. The Morgan fingerprint density at radius 3 is 2.62 bits per heavy atom. The lowest BCUT2D eigenvalue weighted by Gasteiger charge is -2.22. The topological polar surface area (TPSA) is 51.8 Å². The number of nitrogens with zero attached hydrogens (tertiary/aromatic N) is 2. The molecule has 0 amide bonds. The van der Waals surface area contributed by atoms with Gasteiger partial charge >= 0.3 is 0 Å². The van der Waals surface area contributed by atoms with E-state index in [1.807, 2.05) is 13.0 Å². The molecule has 0 radical (unpaired) electrons. The minimum atomic E-state index is -0.173. The van der Waals surface area contributed by atoms with Crippen molar-refractivity contribution in [3.63, 3.8) is 0 Å². The van der Waals surface area contributed by atoms with E-state index in [4.69, 9.17) is 5.73 Å². The van der Waals surface area contributed by atoms with Crippen LogP contribution in [0.2, 0.25) is 0 Å². The molecule has 0 bridgehead atoms. The van der Waals surface area contributed by atoms with Gasteiger partial charge in [0.05, 0.1) is 11.2 Å². The molecule has 0 atom stereocenters. The largest absolute Gasteiger partial charge is 0.320 e. The number of aromatic nitrogens is 2. The Labute approximate surface area is 78.4 Å². The van der Waals surface area contributed by atoms with Crippen LogP contribution in [-0.4, -0.2) is 9.97 Å². The van der Waals surface area contributed by atoms with Gasteiger partial charge < -0.3 is 5.73 Å². The maximum absolute atomic E-state index is 6.26. The minimum absolute atomic E-state index is 0.173. The zero-order chi connectivity index (χ0) is 9.31. The molecule has 13 heavy (non-hydrogen) atoms. The van der Waals surface area contributed by atoms with Crippen molar-refractivity contribution in [3.05, 3.63) is 23.8 Å². The second kappa shape index (κ2) is 3.07. The van der Waals surface area contributed by atoms with Gasteiger partial charge in [-0.3, -0.25) is 0 Å². The van der Waals surface area contributed by atoms with E-state index in [-0.39, 0.29) is 5.54 Å². The first-order valence-electron chi connectivity index (χ1n) is 4.79. The summed E-state index contributed by atoms with van der Waals surface area (Å²) in [4.78, 5) is 8.33. The molecule has 0 unspecified atom stereocenters. The molecule has 1 aromatic rings. The molecule has 3 heteroatoms. The van der Waals surface area contributed by atoms with Crippen LogP contribution >= 0.6 is 0 Å². The highest BCUT2D eigenvalue weighted by atomic mass is 14.9. The summed E-state index contributed by atoms with van der Waals surface area (Å²) in [5.41, 5.74) is 8.10. The number of rotatable bonds is 1. The standard InChI is InChI=1S/C10H15N3/c1-8-6-9(13-7-12-8)10(11)4-2-3-5-10/h6-7H,2-5,11H2,1H3. The Morgan fingerprint density at radius 1 is 1.31 bits per heavy atom. The quantitative estimate of drug-likeness (QED) is 0.707. The van der Waals surface area contributed by atoms with E-state index in [1.165, 1.54) is 12.8 Å². The summed E-state index contributed by atoms with van der Waals surface area (Å²) in [5.74, 6) is 0. The fraction of sp³-hybridized carbons (Fsp3) is 0.600.